The normalized spacial score (nSPS) is 12.4. The summed E-state index contributed by atoms with van der Waals surface area (Å²) in [7, 11) is 0. The van der Waals surface area contributed by atoms with Gasteiger partial charge in [-0.15, -0.1) is 5.10 Å². The van der Waals surface area contributed by atoms with E-state index in [0.717, 1.165) is 187 Å². The number of hydrogen-bond acceptors (Lipinski definition) is 8. The van der Waals surface area contributed by atoms with Crippen molar-refractivity contribution in [3.8, 4) is 0 Å². The molecule has 1 aromatic heterocycles. The summed E-state index contributed by atoms with van der Waals surface area (Å²) in [6, 6.07) is 0. The highest BCUT2D eigenvalue weighted by Crippen LogP contribution is 2.32. The van der Waals surface area contributed by atoms with Gasteiger partial charge in [0.15, 0.2) is 0 Å². The van der Waals surface area contributed by atoms with E-state index in [-0.39, 0.29) is 29.1 Å². The predicted octanol–water partition coefficient (Wildman–Crippen LogP) is 23.6. The smallest absolute Gasteiger partial charge is 0.0830 e. The van der Waals surface area contributed by atoms with Gasteiger partial charge < -0.3 is 28.4 Å². The molecule has 0 N–H and O–H groups in total. The van der Waals surface area contributed by atoms with Gasteiger partial charge in [0, 0.05) is 65.7 Å². The molecule has 0 atom stereocenters. The molecule has 9 nitrogen and oxygen atoms in total. The van der Waals surface area contributed by atoms with Gasteiger partial charge >= 0.3 is 0 Å². The first kappa shape index (κ1) is 92.7. The minimum Gasteiger partial charge on any atom is -0.381 e. The third kappa shape index (κ3) is 66.6. The molecule has 89 heavy (non-hydrogen) atoms. The molecule has 0 unspecified atom stereocenters. The predicted molar refractivity (Wildman–Crippen MR) is 394 cm³/mol. The molecule has 1 aromatic rings. The van der Waals surface area contributed by atoms with Crippen molar-refractivity contribution >= 4 is 0 Å². The standard InChI is InChI=1S/C26H47N3O2.C24H46O2.C17H34O2.C12H24.CH4/c1-22(11-9-17-30-19-15-25(3,4)5)13-14-24-21-29(28-27-24)16-20-31-18-10-12-23(2)26(6,7)8;1-21(14-11-18-26-20-16-23(3,4)5)13-9-10-17-25-19-12-15-22(2)24(6,7)8;1-15(17(5,6)7)9-8-11-18-13-14-19-12-10-16(2,3)4;1-10(12(5,6)7)8-9-11(2,3)4;/h21H,1-2,9-20H2,3-8H3;1-2,9-20H2,3-8H3;1,8-14H2,2-7H3;1,8-9H2,2-7H3;1H4. The third-order valence-electron chi connectivity index (χ3n) is 15.6. The Morgan fingerprint density at radius 1 is 0.326 bits per heavy atom. The molecule has 9 heteroatoms. The van der Waals surface area contributed by atoms with Crippen LogP contribution in [0.4, 0.5) is 0 Å². The second-order valence-electron chi connectivity index (χ2n) is 34.0. The van der Waals surface area contributed by atoms with Gasteiger partial charge in [0.2, 0.25) is 0 Å². The van der Waals surface area contributed by atoms with Gasteiger partial charge in [-0.2, -0.15) is 0 Å². The lowest BCUT2D eigenvalue weighted by Crippen LogP contribution is -2.12. The van der Waals surface area contributed by atoms with Crippen LogP contribution >= 0.6 is 0 Å². The fourth-order valence-corrected chi connectivity index (χ4v) is 7.76. The number of rotatable bonds is 42. The Labute approximate surface area is 556 Å². The summed E-state index contributed by atoms with van der Waals surface area (Å²) in [6.07, 6.45) is 23.5. The molecule has 1 heterocycles. The van der Waals surface area contributed by atoms with Crippen LogP contribution in [-0.4, -0.2) is 94.3 Å². The Kier molecular flexibility index (Phi) is 51.0. The molecular formula is C80H155N3O6. The zero-order valence-corrected chi connectivity index (χ0v) is 63.4. The maximum Gasteiger partial charge on any atom is 0.0830 e. The van der Waals surface area contributed by atoms with Crippen molar-refractivity contribution in [2.24, 2.45) is 43.3 Å². The fourth-order valence-electron chi connectivity index (χ4n) is 7.76. The summed E-state index contributed by atoms with van der Waals surface area (Å²) < 4.78 is 35.9. The average Bonchev–Trinajstić information content (AvgIpc) is 3.99. The lowest BCUT2D eigenvalue weighted by Gasteiger charge is -2.25. The maximum absolute atomic E-state index is 5.74. The third-order valence-corrected chi connectivity index (χ3v) is 15.6. The molecular weight excluding hydrogens is 1100 g/mol. The first-order valence-electron chi connectivity index (χ1n) is 34.7. The van der Waals surface area contributed by atoms with Gasteiger partial charge in [0.1, 0.15) is 0 Å². The number of aryl methyl sites for hydroxylation is 1. The lowest BCUT2D eigenvalue weighted by atomic mass is 9.80. The van der Waals surface area contributed by atoms with Gasteiger partial charge in [0.05, 0.1) is 32.1 Å². The van der Waals surface area contributed by atoms with Crippen LogP contribution in [0.3, 0.4) is 0 Å². The molecule has 0 aliphatic rings. The number of nitrogens with zero attached hydrogens (tertiary/aromatic N) is 3. The van der Waals surface area contributed by atoms with Crippen molar-refractivity contribution in [3.63, 3.8) is 0 Å². The molecule has 0 aliphatic carbocycles. The molecule has 0 aliphatic heterocycles. The van der Waals surface area contributed by atoms with E-state index in [1.54, 1.807) is 0 Å². The SMILES string of the molecule is C.C=C(CCC(C)(C)C)C(C)(C)C.C=C(CCCCOCCCC(=C)C(C)(C)C)CCCOCCC(C)(C)C.C=C(CCCOCCC(C)(C)C)CCc1cn(CCOCCCC(=C)C(C)(C)C)nn1.C=C(CCCOCCOCCC(C)(C)C)C(C)(C)C. The highest BCUT2D eigenvalue weighted by atomic mass is 16.5. The molecule has 0 saturated carbocycles. The van der Waals surface area contributed by atoms with Crippen LogP contribution in [0, 0.1) is 43.3 Å². The molecule has 526 valence electrons. The van der Waals surface area contributed by atoms with Crippen molar-refractivity contribution in [1.82, 2.24) is 15.0 Å². The van der Waals surface area contributed by atoms with Crippen LogP contribution in [0.15, 0.2) is 79.1 Å². The first-order chi connectivity index (χ1) is 40.2. The van der Waals surface area contributed by atoms with Crippen molar-refractivity contribution in [1.29, 1.82) is 0 Å². The van der Waals surface area contributed by atoms with Gasteiger partial charge in [-0.3, -0.25) is 0 Å². The highest BCUT2D eigenvalue weighted by molar-refractivity contribution is 5.07. The van der Waals surface area contributed by atoms with E-state index < -0.39 is 0 Å². The average molecular weight is 1260 g/mol. The molecule has 0 saturated heterocycles. The van der Waals surface area contributed by atoms with Crippen molar-refractivity contribution < 1.29 is 28.4 Å². The summed E-state index contributed by atoms with van der Waals surface area (Å²) in [5, 5.41) is 8.49. The quantitative estimate of drug-likeness (QED) is 0.0473. The van der Waals surface area contributed by atoms with E-state index in [4.69, 9.17) is 28.4 Å². The zero-order valence-electron chi connectivity index (χ0n) is 63.4. The van der Waals surface area contributed by atoms with E-state index in [1.165, 1.54) is 46.3 Å². The topological polar surface area (TPSA) is 86.1 Å². The van der Waals surface area contributed by atoms with E-state index in [2.05, 4.69) is 216 Å². The van der Waals surface area contributed by atoms with Crippen LogP contribution in [0.1, 0.15) is 301 Å². The molecule has 0 amide bonds. The molecule has 0 bridgehead atoms. The Morgan fingerprint density at radius 3 is 0.966 bits per heavy atom. The van der Waals surface area contributed by atoms with E-state index >= 15 is 0 Å². The van der Waals surface area contributed by atoms with Crippen molar-refractivity contribution in [2.75, 3.05) is 79.3 Å². The van der Waals surface area contributed by atoms with Crippen LogP contribution < -0.4 is 0 Å². The van der Waals surface area contributed by atoms with Gasteiger partial charge in [-0.05, 0) is 172 Å². The molecule has 0 fully saturated rings. The Morgan fingerprint density at radius 2 is 0.607 bits per heavy atom. The van der Waals surface area contributed by atoms with Crippen LogP contribution in [0.25, 0.3) is 0 Å². The molecule has 0 radical (unpaired) electrons. The van der Waals surface area contributed by atoms with Crippen molar-refractivity contribution in [3.05, 3.63) is 84.8 Å². The largest absolute Gasteiger partial charge is 0.381 e. The van der Waals surface area contributed by atoms with Gasteiger partial charge in [-0.1, -0.05) is 252 Å². The minimum atomic E-state index is 0. The van der Waals surface area contributed by atoms with Crippen LogP contribution in [0.2, 0.25) is 0 Å². The van der Waals surface area contributed by atoms with E-state index in [9.17, 15) is 0 Å². The number of hydrogen-bond donors (Lipinski definition) is 0. The van der Waals surface area contributed by atoms with E-state index in [0.29, 0.717) is 41.5 Å². The van der Waals surface area contributed by atoms with Crippen LogP contribution in [0.5, 0.6) is 0 Å². The van der Waals surface area contributed by atoms with Crippen LogP contribution in [-0.2, 0) is 41.4 Å². The summed E-state index contributed by atoms with van der Waals surface area (Å²) in [5.74, 6) is 0. The highest BCUT2D eigenvalue weighted by Gasteiger charge is 2.19. The van der Waals surface area contributed by atoms with Crippen molar-refractivity contribution in [2.45, 2.75) is 309 Å². The Bertz CT molecular complexity index is 1970. The van der Waals surface area contributed by atoms with E-state index in [1.807, 2.05) is 10.9 Å². The summed E-state index contributed by atoms with van der Waals surface area (Å²) in [4.78, 5) is 0. The van der Waals surface area contributed by atoms with Gasteiger partial charge in [0.25, 0.3) is 0 Å². The molecule has 0 aromatic carbocycles. The number of allylic oxidation sites excluding steroid dienone is 6. The minimum absolute atomic E-state index is 0. The fraction of sp³-hybridized carbons (Fsp3) is 0.825. The second kappa shape index (κ2) is 49.0. The number of aromatic nitrogens is 3. The lowest BCUT2D eigenvalue weighted by molar-refractivity contribution is 0.0379. The monoisotopic (exact) mass is 1250 g/mol. The summed E-state index contributed by atoms with van der Waals surface area (Å²) >= 11 is 0. The Hall–Kier alpha value is -2.66. The molecule has 1 rings (SSSR count). The first-order valence-corrected chi connectivity index (χ1v) is 34.7. The number of ether oxygens (including phenoxy) is 6. The second-order valence-corrected chi connectivity index (χ2v) is 34.0. The molecule has 0 spiro atoms. The van der Waals surface area contributed by atoms with Gasteiger partial charge in [-0.25, -0.2) is 4.68 Å². The summed E-state index contributed by atoms with van der Waals surface area (Å²) in [5.41, 5.74) is 11.3. The summed E-state index contributed by atoms with van der Waals surface area (Å²) in [6.45, 7) is 88.9. The Balaban J connectivity index is -0.000000566. The number of unbranched alkanes of at least 4 members (excludes halogenated alkanes) is 1. The zero-order chi connectivity index (χ0) is 68.3. The maximum atomic E-state index is 5.74.